The van der Waals surface area contributed by atoms with Crippen molar-refractivity contribution >= 4 is 35.1 Å². The van der Waals surface area contributed by atoms with Gasteiger partial charge in [-0.1, -0.05) is 12.1 Å². The molecule has 0 unspecified atom stereocenters. The van der Waals surface area contributed by atoms with Crippen LogP contribution in [0, 0.1) is 0 Å². The van der Waals surface area contributed by atoms with Crippen LogP contribution in [-0.2, 0) is 17.6 Å². The van der Waals surface area contributed by atoms with Gasteiger partial charge in [0.1, 0.15) is 0 Å². The predicted octanol–water partition coefficient (Wildman–Crippen LogP) is 3.40. The second-order valence-corrected chi connectivity index (χ2v) is 6.74. The zero-order valence-electron chi connectivity index (χ0n) is 13.2. The highest BCUT2D eigenvalue weighted by Gasteiger charge is 2.11. The Morgan fingerprint density at radius 2 is 1.75 bits per heavy atom. The van der Waals surface area contributed by atoms with Gasteiger partial charge in [-0.3, -0.25) is 4.79 Å². The average molecular weight is 341 g/mol. The first-order valence-corrected chi connectivity index (χ1v) is 8.80. The fourth-order valence-corrected chi connectivity index (χ4v) is 3.56. The number of hydrogen-bond acceptors (Lipinski definition) is 3. The molecule has 0 atom stereocenters. The maximum absolute atomic E-state index is 12.1. The molecule has 4 N–H and O–H groups in total. The number of anilines is 2. The third kappa shape index (κ3) is 4.29. The Balaban J connectivity index is 1.55. The Labute approximate surface area is 145 Å². The van der Waals surface area contributed by atoms with Gasteiger partial charge in [0.2, 0.25) is 5.91 Å². The number of carbonyl (C=O) groups excluding carboxylic acids is 2. The number of fused-ring (bicyclic) bond motifs is 1. The molecule has 0 spiro atoms. The largest absolute Gasteiger partial charge is 0.351 e. The van der Waals surface area contributed by atoms with Crippen LogP contribution in [0.5, 0.6) is 0 Å². The smallest absolute Gasteiger partial charge is 0.316 e. The summed E-state index contributed by atoms with van der Waals surface area (Å²) in [6.45, 7) is 0. The molecule has 3 amide bonds. The third-order valence-corrected chi connectivity index (χ3v) is 4.85. The quantitative estimate of drug-likeness (QED) is 0.729. The van der Waals surface area contributed by atoms with E-state index in [4.69, 9.17) is 5.73 Å². The minimum absolute atomic E-state index is 0.0864. The highest BCUT2D eigenvalue weighted by Crippen LogP contribution is 2.27. The van der Waals surface area contributed by atoms with E-state index in [1.807, 2.05) is 0 Å². The van der Waals surface area contributed by atoms with Crippen molar-refractivity contribution in [3.63, 3.8) is 0 Å². The van der Waals surface area contributed by atoms with E-state index < -0.39 is 6.03 Å². The summed E-state index contributed by atoms with van der Waals surface area (Å²) in [5.74, 6) is 0.253. The van der Waals surface area contributed by atoms with Gasteiger partial charge in [-0.15, -0.1) is 11.8 Å². The van der Waals surface area contributed by atoms with Crippen LogP contribution in [0.2, 0.25) is 0 Å². The molecule has 24 heavy (non-hydrogen) atoms. The lowest BCUT2D eigenvalue weighted by Crippen LogP contribution is -2.19. The van der Waals surface area contributed by atoms with Gasteiger partial charge in [0, 0.05) is 16.3 Å². The van der Waals surface area contributed by atoms with Crippen LogP contribution in [0.1, 0.15) is 17.5 Å². The van der Waals surface area contributed by atoms with Gasteiger partial charge in [0.15, 0.2) is 0 Å². The molecule has 0 saturated carbocycles. The van der Waals surface area contributed by atoms with E-state index in [0.717, 1.165) is 17.7 Å². The summed E-state index contributed by atoms with van der Waals surface area (Å²) < 4.78 is 0. The molecule has 124 valence electrons. The fraction of sp³-hybridized carbons (Fsp3) is 0.222. The van der Waals surface area contributed by atoms with E-state index in [9.17, 15) is 9.59 Å². The molecule has 0 radical (unpaired) electrons. The summed E-state index contributed by atoms with van der Waals surface area (Å²) in [6.07, 6.45) is 3.52. The molecule has 0 saturated heterocycles. The van der Waals surface area contributed by atoms with Crippen LogP contribution in [0.15, 0.2) is 47.4 Å². The van der Waals surface area contributed by atoms with Crippen molar-refractivity contribution in [1.82, 2.24) is 0 Å². The average Bonchev–Trinajstić information content (AvgIpc) is 3.00. The molecule has 1 aliphatic carbocycles. The number of primary amides is 1. The van der Waals surface area contributed by atoms with E-state index in [-0.39, 0.29) is 5.91 Å². The van der Waals surface area contributed by atoms with Crippen molar-refractivity contribution < 1.29 is 9.59 Å². The van der Waals surface area contributed by atoms with E-state index in [0.29, 0.717) is 17.1 Å². The van der Waals surface area contributed by atoms with Crippen molar-refractivity contribution in [1.29, 1.82) is 0 Å². The van der Waals surface area contributed by atoms with Crippen molar-refractivity contribution in [2.45, 2.75) is 24.2 Å². The summed E-state index contributed by atoms with van der Waals surface area (Å²) in [4.78, 5) is 24.1. The molecule has 0 aliphatic heterocycles. The molecule has 5 nitrogen and oxygen atoms in total. The lowest BCUT2D eigenvalue weighted by Gasteiger charge is -2.08. The van der Waals surface area contributed by atoms with Gasteiger partial charge >= 0.3 is 6.03 Å². The Bertz CT molecular complexity index is 777. The second kappa shape index (κ2) is 7.40. The van der Waals surface area contributed by atoms with Crippen molar-refractivity contribution in [3.8, 4) is 0 Å². The van der Waals surface area contributed by atoms with Gasteiger partial charge in [-0.2, -0.15) is 0 Å². The minimum Gasteiger partial charge on any atom is -0.351 e. The van der Waals surface area contributed by atoms with Crippen molar-refractivity contribution in [2.24, 2.45) is 5.73 Å². The predicted molar refractivity (Wildman–Crippen MR) is 97.5 cm³/mol. The van der Waals surface area contributed by atoms with Gasteiger partial charge in [0.25, 0.3) is 0 Å². The number of urea groups is 1. The van der Waals surface area contributed by atoms with Gasteiger partial charge < -0.3 is 16.4 Å². The van der Waals surface area contributed by atoms with E-state index in [1.54, 1.807) is 24.3 Å². The summed E-state index contributed by atoms with van der Waals surface area (Å²) in [7, 11) is 0. The zero-order valence-corrected chi connectivity index (χ0v) is 14.0. The number of nitrogens with two attached hydrogens (primary N) is 1. The second-order valence-electron chi connectivity index (χ2n) is 5.69. The molecule has 2 aromatic carbocycles. The highest BCUT2D eigenvalue weighted by molar-refractivity contribution is 8.00. The topological polar surface area (TPSA) is 84.2 Å². The lowest BCUT2D eigenvalue weighted by molar-refractivity contribution is -0.113. The molecule has 0 bridgehead atoms. The van der Waals surface area contributed by atoms with Crippen LogP contribution in [0.25, 0.3) is 0 Å². The first-order chi connectivity index (χ1) is 11.6. The number of hydrogen-bond donors (Lipinski definition) is 3. The summed E-state index contributed by atoms with van der Waals surface area (Å²) >= 11 is 1.53. The van der Waals surface area contributed by atoms with Crippen LogP contribution in [0.3, 0.4) is 0 Å². The Kier molecular flexibility index (Phi) is 5.05. The number of nitrogens with one attached hydrogen (secondary N) is 2. The maximum atomic E-state index is 12.1. The standard InChI is InChI=1S/C18H19N3O2S/c19-18(23)21-15-6-2-5-14(10-15)20-17(22)11-24-16-8-7-12-3-1-4-13(12)9-16/h2,5-10H,1,3-4,11H2,(H,20,22)(H3,19,21,23). The van der Waals surface area contributed by atoms with Gasteiger partial charge in [-0.25, -0.2) is 4.79 Å². The molecule has 6 heteroatoms. The number of carbonyl (C=O) groups is 2. The van der Waals surface area contributed by atoms with E-state index in [2.05, 4.69) is 28.8 Å². The molecular weight excluding hydrogens is 322 g/mol. The number of thioether (sulfide) groups is 1. The zero-order chi connectivity index (χ0) is 16.9. The number of aryl methyl sites for hydroxylation is 2. The Hall–Kier alpha value is -2.47. The molecule has 2 aromatic rings. The number of benzene rings is 2. The maximum Gasteiger partial charge on any atom is 0.316 e. The lowest BCUT2D eigenvalue weighted by atomic mass is 10.1. The first-order valence-electron chi connectivity index (χ1n) is 7.81. The van der Waals surface area contributed by atoms with E-state index in [1.165, 1.54) is 29.3 Å². The van der Waals surface area contributed by atoms with Crippen molar-refractivity contribution in [2.75, 3.05) is 16.4 Å². The van der Waals surface area contributed by atoms with Gasteiger partial charge in [0.05, 0.1) is 5.75 Å². The normalized spacial score (nSPS) is 12.5. The highest BCUT2D eigenvalue weighted by atomic mass is 32.2. The van der Waals surface area contributed by atoms with Crippen LogP contribution in [0.4, 0.5) is 16.2 Å². The van der Waals surface area contributed by atoms with Crippen LogP contribution < -0.4 is 16.4 Å². The van der Waals surface area contributed by atoms with E-state index >= 15 is 0 Å². The molecule has 0 heterocycles. The Morgan fingerprint density at radius 3 is 2.54 bits per heavy atom. The SMILES string of the molecule is NC(=O)Nc1cccc(NC(=O)CSc2ccc3c(c2)CCC3)c1. The van der Waals surface area contributed by atoms with Gasteiger partial charge in [-0.05, 0) is 60.7 Å². The number of rotatable bonds is 5. The minimum atomic E-state index is -0.634. The van der Waals surface area contributed by atoms with Crippen molar-refractivity contribution in [3.05, 3.63) is 53.6 Å². The molecular formula is C18H19N3O2S. The Morgan fingerprint density at radius 1 is 1.00 bits per heavy atom. The van der Waals surface area contributed by atoms with Crippen LogP contribution >= 0.6 is 11.8 Å². The third-order valence-electron chi connectivity index (χ3n) is 3.85. The fourth-order valence-electron chi connectivity index (χ4n) is 2.80. The number of amides is 3. The molecule has 1 aliphatic rings. The summed E-state index contributed by atoms with van der Waals surface area (Å²) in [6, 6.07) is 12.7. The summed E-state index contributed by atoms with van der Waals surface area (Å²) in [5.41, 5.74) is 9.10. The molecule has 0 fully saturated rings. The molecule has 0 aromatic heterocycles. The van der Waals surface area contributed by atoms with Crippen LogP contribution in [-0.4, -0.2) is 17.7 Å². The summed E-state index contributed by atoms with van der Waals surface area (Å²) in [5, 5.41) is 5.31. The monoisotopic (exact) mass is 341 g/mol. The first kappa shape index (κ1) is 16.4. The molecule has 3 rings (SSSR count).